The standard InChI is InChI=1S/C28H36N4O10S2/c1-43-16-14-22(27(37)30-18-25(34)29-15-13-19-5-3-2-4-6-19)32-28(38)23(31-24(33)11-12-26(35)36)17-20-7-9-21(10-8-20)42-44(39,40)41/h2-10,22-23H,11-18H2,1H3,(H,29,34)(H,30,37)(H,31,33)(H,32,38)(H,35,36)(H,39,40,41)/t22-,23-/m0/s1. The van der Waals surface area contributed by atoms with Gasteiger partial charge in [0, 0.05) is 19.4 Å². The Bertz CT molecular complexity index is 1370. The summed E-state index contributed by atoms with van der Waals surface area (Å²) in [6.45, 7) is 0.0596. The van der Waals surface area contributed by atoms with Gasteiger partial charge in [0.25, 0.3) is 0 Å². The molecule has 2 rings (SSSR count). The largest absolute Gasteiger partial charge is 0.481 e. The number of benzene rings is 2. The SMILES string of the molecule is CSCC[C@H](NC(=O)[C@H](Cc1ccc(OS(=O)(=O)O)cc1)NC(=O)CCC(=O)O)C(=O)NCC(=O)NCCc1ccccc1. The van der Waals surface area contributed by atoms with Crippen molar-refractivity contribution in [2.75, 3.05) is 25.1 Å². The number of carbonyl (C=O) groups excluding carboxylic acids is 4. The molecule has 2 aromatic rings. The average molecular weight is 653 g/mol. The Balaban J connectivity index is 2.06. The molecule has 0 aromatic heterocycles. The van der Waals surface area contributed by atoms with Crippen molar-refractivity contribution in [2.24, 2.45) is 0 Å². The lowest BCUT2D eigenvalue weighted by Gasteiger charge is -2.23. The minimum absolute atomic E-state index is 0.114. The molecule has 0 heterocycles. The van der Waals surface area contributed by atoms with Crippen LogP contribution in [0.15, 0.2) is 54.6 Å². The Hall–Kier alpha value is -4.15. The number of hydrogen-bond acceptors (Lipinski definition) is 9. The van der Waals surface area contributed by atoms with Crippen LogP contribution >= 0.6 is 11.8 Å². The molecule has 0 radical (unpaired) electrons. The highest BCUT2D eigenvalue weighted by molar-refractivity contribution is 7.98. The third kappa shape index (κ3) is 14.8. The molecule has 6 N–H and O–H groups in total. The highest BCUT2D eigenvalue weighted by atomic mass is 32.3. The molecule has 16 heteroatoms. The van der Waals surface area contributed by atoms with Crippen LogP contribution in [0.3, 0.4) is 0 Å². The lowest BCUT2D eigenvalue weighted by molar-refractivity contribution is -0.139. The molecule has 14 nitrogen and oxygen atoms in total. The zero-order valence-corrected chi connectivity index (χ0v) is 25.6. The number of hydrogen-bond donors (Lipinski definition) is 6. The maximum atomic E-state index is 13.3. The van der Waals surface area contributed by atoms with Crippen molar-refractivity contribution in [2.45, 2.75) is 44.2 Å². The van der Waals surface area contributed by atoms with E-state index in [1.165, 1.54) is 36.0 Å². The van der Waals surface area contributed by atoms with E-state index < -0.39 is 64.9 Å². The second-order valence-corrected chi connectivity index (χ2v) is 11.5. The molecular formula is C28H36N4O10S2. The normalized spacial score (nSPS) is 12.3. The summed E-state index contributed by atoms with van der Waals surface area (Å²) in [6, 6.07) is 12.5. The molecule has 0 saturated carbocycles. The lowest BCUT2D eigenvalue weighted by Crippen LogP contribution is -2.55. The van der Waals surface area contributed by atoms with Crippen molar-refractivity contribution in [1.82, 2.24) is 21.3 Å². The Morgan fingerprint density at radius 1 is 0.841 bits per heavy atom. The molecular weight excluding hydrogens is 616 g/mol. The fraction of sp³-hybridized carbons (Fsp3) is 0.393. The van der Waals surface area contributed by atoms with Crippen molar-refractivity contribution in [3.63, 3.8) is 0 Å². The first-order valence-electron chi connectivity index (χ1n) is 13.5. The van der Waals surface area contributed by atoms with Gasteiger partial charge in [0.1, 0.15) is 17.8 Å². The van der Waals surface area contributed by atoms with Crippen molar-refractivity contribution in [3.8, 4) is 5.75 Å². The Morgan fingerprint density at radius 3 is 2.14 bits per heavy atom. The second-order valence-electron chi connectivity index (χ2n) is 9.52. The van der Waals surface area contributed by atoms with Crippen LogP contribution in [0.25, 0.3) is 0 Å². The molecule has 0 spiro atoms. The van der Waals surface area contributed by atoms with Crippen LogP contribution in [-0.2, 0) is 47.2 Å². The number of amides is 4. The maximum Gasteiger partial charge on any atom is 0.446 e. The van der Waals surface area contributed by atoms with Gasteiger partial charge in [0.05, 0.1) is 13.0 Å². The molecule has 240 valence electrons. The number of carboxylic acid groups (broad SMARTS) is 1. The summed E-state index contributed by atoms with van der Waals surface area (Å²) < 4.78 is 35.1. The van der Waals surface area contributed by atoms with Crippen LogP contribution in [0, 0.1) is 0 Å². The first-order chi connectivity index (χ1) is 20.9. The van der Waals surface area contributed by atoms with Gasteiger partial charge < -0.3 is 30.6 Å². The molecule has 0 saturated heterocycles. The predicted molar refractivity (Wildman–Crippen MR) is 162 cm³/mol. The van der Waals surface area contributed by atoms with E-state index in [0.29, 0.717) is 24.3 Å². The zero-order chi connectivity index (χ0) is 32.5. The molecule has 0 aliphatic rings. The van der Waals surface area contributed by atoms with Crippen molar-refractivity contribution in [3.05, 3.63) is 65.7 Å². The quantitative estimate of drug-likeness (QED) is 0.115. The van der Waals surface area contributed by atoms with Crippen LogP contribution in [0.2, 0.25) is 0 Å². The number of carboxylic acids is 1. The van der Waals surface area contributed by atoms with Gasteiger partial charge in [-0.25, -0.2) is 0 Å². The van der Waals surface area contributed by atoms with Gasteiger partial charge in [-0.2, -0.15) is 20.2 Å². The fourth-order valence-electron chi connectivity index (χ4n) is 3.86. The number of aliphatic carboxylic acids is 1. The van der Waals surface area contributed by atoms with Gasteiger partial charge in [-0.15, -0.1) is 0 Å². The molecule has 0 aliphatic carbocycles. The first-order valence-corrected chi connectivity index (χ1v) is 16.3. The summed E-state index contributed by atoms with van der Waals surface area (Å²) in [7, 11) is -4.75. The molecule has 2 atom stereocenters. The third-order valence-electron chi connectivity index (χ3n) is 6.03. The summed E-state index contributed by atoms with van der Waals surface area (Å²) in [4.78, 5) is 61.9. The fourth-order valence-corrected chi connectivity index (χ4v) is 4.68. The molecule has 2 aromatic carbocycles. The van der Waals surface area contributed by atoms with Crippen LogP contribution in [0.5, 0.6) is 5.75 Å². The highest BCUT2D eigenvalue weighted by Gasteiger charge is 2.27. The Labute approximate surface area is 259 Å². The lowest BCUT2D eigenvalue weighted by atomic mass is 10.0. The van der Waals surface area contributed by atoms with E-state index in [0.717, 1.165) is 5.56 Å². The van der Waals surface area contributed by atoms with E-state index in [1.807, 2.05) is 36.6 Å². The number of carbonyl (C=O) groups is 5. The summed E-state index contributed by atoms with van der Waals surface area (Å²) >= 11 is 1.44. The molecule has 0 aliphatic heterocycles. The average Bonchev–Trinajstić information content (AvgIpc) is 2.97. The smallest absolute Gasteiger partial charge is 0.446 e. The van der Waals surface area contributed by atoms with Crippen LogP contribution in [-0.4, -0.2) is 84.9 Å². The summed E-state index contributed by atoms with van der Waals surface area (Å²) in [5.74, 6) is -3.36. The molecule has 0 unspecified atom stereocenters. The van der Waals surface area contributed by atoms with Gasteiger partial charge >= 0.3 is 16.4 Å². The third-order valence-corrected chi connectivity index (χ3v) is 7.07. The van der Waals surface area contributed by atoms with Crippen LogP contribution in [0.1, 0.15) is 30.4 Å². The Morgan fingerprint density at radius 2 is 1.52 bits per heavy atom. The Kier molecular flexibility index (Phi) is 15.2. The van der Waals surface area contributed by atoms with E-state index in [4.69, 9.17) is 9.66 Å². The monoisotopic (exact) mass is 652 g/mol. The molecule has 4 amide bonds. The van der Waals surface area contributed by atoms with E-state index in [9.17, 15) is 32.4 Å². The number of rotatable bonds is 19. The van der Waals surface area contributed by atoms with Crippen molar-refractivity contribution >= 4 is 51.8 Å². The maximum absolute atomic E-state index is 13.3. The second kappa shape index (κ2) is 18.5. The van der Waals surface area contributed by atoms with Gasteiger partial charge in [-0.1, -0.05) is 42.5 Å². The predicted octanol–water partition coefficient (Wildman–Crippen LogP) is 0.473. The van der Waals surface area contributed by atoms with Crippen molar-refractivity contribution < 1.29 is 46.2 Å². The highest BCUT2D eigenvalue weighted by Crippen LogP contribution is 2.15. The zero-order valence-electron chi connectivity index (χ0n) is 24.0. The summed E-state index contributed by atoms with van der Waals surface area (Å²) in [5, 5.41) is 19.2. The van der Waals surface area contributed by atoms with Gasteiger partial charge in [0.2, 0.25) is 23.6 Å². The summed E-state index contributed by atoms with van der Waals surface area (Å²) in [5.41, 5.74) is 1.49. The van der Waals surface area contributed by atoms with Gasteiger partial charge in [0.15, 0.2) is 0 Å². The molecule has 0 fully saturated rings. The summed E-state index contributed by atoms with van der Waals surface area (Å²) in [6.07, 6.45) is 1.68. The van der Waals surface area contributed by atoms with E-state index in [2.05, 4.69) is 25.5 Å². The van der Waals surface area contributed by atoms with Gasteiger partial charge in [-0.3, -0.25) is 28.5 Å². The minimum atomic E-state index is -4.75. The van der Waals surface area contributed by atoms with Crippen molar-refractivity contribution in [1.29, 1.82) is 0 Å². The molecule has 44 heavy (non-hydrogen) atoms. The minimum Gasteiger partial charge on any atom is -0.481 e. The first kappa shape index (κ1) is 36.0. The van der Waals surface area contributed by atoms with Gasteiger partial charge in [-0.05, 0) is 48.1 Å². The topological polar surface area (TPSA) is 217 Å². The number of nitrogens with one attached hydrogen (secondary N) is 4. The number of thioether (sulfide) groups is 1. The van der Waals surface area contributed by atoms with Crippen LogP contribution in [0.4, 0.5) is 0 Å². The van der Waals surface area contributed by atoms with E-state index >= 15 is 0 Å². The van der Waals surface area contributed by atoms with Crippen LogP contribution < -0.4 is 25.5 Å². The van der Waals surface area contributed by atoms with E-state index in [1.54, 1.807) is 0 Å². The molecule has 0 bridgehead atoms. The van der Waals surface area contributed by atoms with E-state index in [-0.39, 0.29) is 25.1 Å².